The van der Waals surface area contributed by atoms with E-state index in [2.05, 4.69) is 5.32 Å². The molecule has 1 aliphatic heterocycles. The van der Waals surface area contributed by atoms with E-state index in [0.29, 0.717) is 12.3 Å². The second-order valence-electron chi connectivity index (χ2n) is 4.90. The Labute approximate surface area is 102 Å². The van der Waals surface area contributed by atoms with Gasteiger partial charge in [-0.05, 0) is 24.7 Å². The van der Waals surface area contributed by atoms with Crippen LogP contribution >= 0.6 is 0 Å². The zero-order chi connectivity index (χ0) is 12.8. The summed E-state index contributed by atoms with van der Waals surface area (Å²) in [7, 11) is 0. The minimum atomic E-state index is -0.974. The minimum Gasteiger partial charge on any atom is -0.480 e. The van der Waals surface area contributed by atoms with Crippen molar-refractivity contribution in [2.75, 3.05) is 13.2 Å². The highest BCUT2D eigenvalue weighted by Crippen LogP contribution is 2.17. The number of aliphatic carboxylic acids is 1. The number of carbonyl (C=O) groups excluding carboxylic acids is 1. The summed E-state index contributed by atoms with van der Waals surface area (Å²) in [4.78, 5) is 22.5. The number of carboxylic acid groups (broad SMARTS) is 1. The zero-order valence-corrected chi connectivity index (χ0v) is 10.4. The van der Waals surface area contributed by atoms with Gasteiger partial charge in [0.15, 0.2) is 0 Å². The third-order valence-corrected chi connectivity index (χ3v) is 3.05. The summed E-state index contributed by atoms with van der Waals surface area (Å²) in [6.07, 6.45) is 2.15. The number of carboxylic acids is 1. The SMILES string of the molecule is CC(C)C(NC(=O)CCC1CCOC1)C(=O)O. The van der Waals surface area contributed by atoms with Crippen molar-refractivity contribution in [1.29, 1.82) is 0 Å². The fourth-order valence-electron chi connectivity index (χ4n) is 1.91. The number of ether oxygens (including phenoxy) is 1. The second-order valence-corrected chi connectivity index (χ2v) is 4.90. The van der Waals surface area contributed by atoms with E-state index in [1.54, 1.807) is 13.8 Å². The van der Waals surface area contributed by atoms with Gasteiger partial charge in [-0.2, -0.15) is 0 Å². The fourth-order valence-corrected chi connectivity index (χ4v) is 1.91. The molecule has 0 radical (unpaired) electrons. The van der Waals surface area contributed by atoms with Gasteiger partial charge >= 0.3 is 5.97 Å². The van der Waals surface area contributed by atoms with Gasteiger partial charge in [0, 0.05) is 19.6 Å². The molecule has 5 nitrogen and oxygen atoms in total. The molecule has 1 saturated heterocycles. The molecule has 0 spiro atoms. The average molecular weight is 243 g/mol. The lowest BCUT2D eigenvalue weighted by Crippen LogP contribution is -2.44. The normalized spacial score (nSPS) is 21.5. The van der Waals surface area contributed by atoms with E-state index in [0.717, 1.165) is 26.1 Å². The van der Waals surface area contributed by atoms with E-state index in [1.165, 1.54) is 0 Å². The highest BCUT2D eigenvalue weighted by atomic mass is 16.5. The van der Waals surface area contributed by atoms with E-state index < -0.39 is 12.0 Å². The van der Waals surface area contributed by atoms with Crippen molar-refractivity contribution >= 4 is 11.9 Å². The maximum Gasteiger partial charge on any atom is 0.326 e. The van der Waals surface area contributed by atoms with Gasteiger partial charge in [-0.25, -0.2) is 4.79 Å². The molecule has 1 amide bonds. The Morgan fingerprint density at radius 1 is 1.47 bits per heavy atom. The molecule has 0 aromatic carbocycles. The maximum absolute atomic E-state index is 11.6. The van der Waals surface area contributed by atoms with Crippen molar-refractivity contribution in [2.45, 2.75) is 39.2 Å². The molecule has 1 fully saturated rings. The van der Waals surface area contributed by atoms with Gasteiger partial charge in [0.2, 0.25) is 5.91 Å². The first kappa shape index (κ1) is 14.0. The van der Waals surface area contributed by atoms with E-state index >= 15 is 0 Å². The number of nitrogens with one attached hydrogen (secondary N) is 1. The van der Waals surface area contributed by atoms with E-state index in [4.69, 9.17) is 9.84 Å². The van der Waals surface area contributed by atoms with Gasteiger partial charge in [-0.3, -0.25) is 4.79 Å². The number of hydrogen-bond donors (Lipinski definition) is 2. The Balaban J connectivity index is 2.29. The standard InChI is InChI=1S/C12H21NO4/c1-8(2)11(12(15)16)13-10(14)4-3-9-5-6-17-7-9/h8-9,11H,3-7H2,1-2H3,(H,13,14)(H,15,16). The van der Waals surface area contributed by atoms with Gasteiger partial charge in [0.05, 0.1) is 0 Å². The summed E-state index contributed by atoms with van der Waals surface area (Å²) in [6.45, 7) is 5.06. The van der Waals surface area contributed by atoms with Crippen LogP contribution in [0.4, 0.5) is 0 Å². The Morgan fingerprint density at radius 3 is 2.65 bits per heavy atom. The van der Waals surface area contributed by atoms with Crippen LogP contribution in [0, 0.1) is 11.8 Å². The van der Waals surface area contributed by atoms with Crippen LogP contribution in [0.2, 0.25) is 0 Å². The molecule has 0 aromatic rings. The molecule has 98 valence electrons. The summed E-state index contributed by atoms with van der Waals surface area (Å²) in [6, 6.07) is -0.790. The Bertz CT molecular complexity index is 272. The monoisotopic (exact) mass is 243 g/mol. The molecular formula is C12H21NO4. The third-order valence-electron chi connectivity index (χ3n) is 3.05. The predicted octanol–water partition coefficient (Wildman–Crippen LogP) is 1.03. The van der Waals surface area contributed by atoms with Crippen LogP contribution in [0.15, 0.2) is 0 Å². The molecule has 0 saturated carbocycles. The van der Waals surface area contributed by atoms with E-state index in [1.807, 2.05) is 0 Å². The molecule has 1 aliphatic rings. The topological polar surface area (TPSA) is 75.6 Å². The Kier molecular flexibility index (Phi) is 5.41. The molecular weight excluding hydrogens is 222 g/mol. The first-order chi connectivity index (χ1) is 8.00. The quantitative estimate of drug-likeness (QED) is 0.730. The van der Waals surface area contributed by atoms with Crippen LogP contribution in [0.1, 0.15) is 33.1 Å². The molecule has 2 atom stereocenters. The predicted molar refractivity (Wildman–Crippen MR) is 62.6 cm³/mol. The molecule has 1 heterocycles. The van der Waals surface area contributed by atoms with Crippen molar-refractivity contribution in [3.63, 3.8) is 0 Å². The van der Waals surface area contributed by atoms with Crippen molar-refractivity contribution in [2.24, 2.45) is 11.8 Å². The van der Waals surface area contributed by atoms with Crippen molar-refractivity contribution in [1.82, 2.24) is 5.32 Å². The molecule has 2 N–H and O–H groups in total. The first-order valence-electron chi connectivity index (χ1n) is 6.10. The minimum absolute atomic E-state index is 0.105. The van der Waals surface area contributed by atoms with Gasteiger partial charge in [-0.1, -0.05) is 13.8 Å². The summed E-state index contributed by atoms with van der Waals surface area (Å²) in [5.41, 5.74) is 0. The van der Waals surface area contributed by atoms with Crippen LogP contribution in [0.5, 0.6) is 0 Å². The largest absolute Gasteiger partial charge is 0.480 e. The smallest absolute Gasteiger partial charge is 0.326 e. The van der Waals surface area contributed by atoms with Crippen LogP contribution in [-0.4, -0.2) is 36.2 Å². The highest BCUT2D eigenvalue weighted by molar-refractivity contribution is 5.83. The fraction of sp³-hybridized carbons (Fsp3) is 0.833. The summed E-state index contributed by atoms with van der Waals surface area (Å²) in [5, 5.41) is 11.5. The number of hydrogen-bond acceptors (Lipinski definition) is 3. The van der Waals surface area contributed by atoms with E-state index in [-0.39, 0.29) is 11.8 Å². The van der Waals surface area contributed by atoms with E-state index in [9.17, 15) is 9.59 Å². The molecule has 0 aromatic heterocycles. The van der Waals surface area contributed by atoms with Gasteiger partial charge in [-0.15, -0.1) is 0 Å². The van der Waals surface area contributed by atoms with Gasteiger partial charge in [0.25, 0.3) is 0 Å². The van der Waals surface area contributed by atoms with Crippen molar-refractivity contribution in [3.8, 4) is 0 Å². The van der Waals surface area contributed by atoms with Crippen LogP contribution in [0.25, 0.3) is 0 Å². The summed E-state index contributed by atoms with van der Waals surface area (Å²) in [5.74, 6) is -0.815. The van der Waals surface area contributed by atoms with Crippen molar-refractivity contribution < 1.29 is 19.4 Å². The summed E-state index contributed by atoms with van der Waals surface area (Å²) >= 11 is 0. The highest BCUT2D eigenvalue weighted by Gasteiger charge is 2.24. The lowest BCUT2D eigenvalue weighted by atomic mass is 10.0. The summed E-state index contributed by atoms with van der Waals surface area (Å²) < 4.78 is 5.22. The van der Waals surface area contributed by atoms with Crippen LogP contribution < -0.4 is 5.32 Å². The van der Waals surface area contributed by atoms with Crippen LogP contribution in [-0.2, 0) is 14.3 Å². The number of rotatable bonds is 6. The molecule has 0 aliphatic carbocycles. The molecule has 0 bridgehead atoms. The van der Waals surface area contributed by atoms with Crippen LogP contribution in [0.3, 0.4) is 0 Å². The average Bonchev–Trinajstić information content (AvgIpc) is 2.74. The Hall–Kier alpha value is -1.10. The molecule has 2 unspecified atom stereocenters. The number of carbonyl (C=O) groups is 2. The Morgan fingerprint density at radius 2 is 2.18 bits per heavy atom. The lowest BCUT2D eigenvalue weighted by Gasteiger charge is -2.18. The zero-order valence-electron chi connectivity index (χ0n) is 10.4. The molecule has 17 heavy (non-hydrogen) atoms. The van der Waals surface area contributed by atoms with Crippen molar-refractivity contribution in [3.05, 3.63) is 0 Å². The maximum atomic E-state index is 11.6. The van der Waals surface area contributed by atoms with Gasteiger partial charge in [0.1, 0.15) is 6.04 Å². The first-order valence-corrected chi connectivity index (χ1v) is 6.10. The third kappa shape index (κ3) is 4.73. The molecule has 1 rings (SSSR count). The molecule has 5 heteroatoms. The van der Waals surface area contributed by atoms with Gasteiger partial charge < -0.3 is 15.2 Å². The second kappa shape index (κ2) is 6.59. The number of amides is 1. The lowest BCUT2D eigenvalue weighted by molar-refractivity contribution is -0.143.